The van der Waals surface area contributed by atoms with Gasteiger partial charge in [-0.05, 0) is 36.8 Å². The molecule has 2 aromatic carbocycles. The van der Waals surface area contributed by atoms with Crippen molar-refractivity contribution in [1.82, 2.24) is 9.80 Å². The van der Waals surface area contributed by atoms with Crippen LogP contribution < -0.4 is 0 Å². The first-order chi connectivity index (χ1) is 13.3. The molecule has 1 amide bonds. The van der Waals surface area contributed by atoms with Gasteiger partial charge in [0.2, 0.25) is 9.84 Å². The van der Waals surface area contributed by atoms with Crippen LogP contribution in [-0.4, -0.2) is 56.1 Å². The fourth-order valence-corrected chi connectivity index (χ4v) is 3.97. The van der Waals surface area contributed by atoms with Crippen molar-refractivity contribution in [2.24, 2.45) is 0 Å². The second kappa shape index (κ2) is 8.36. The summed E-state index contributed by atoms with van der Waals surface area (Å²) in [6, 6.07) is 13.0. The Morgan fingerprint density at radius 1 is 1.04 bits per heavy atom. The van der Waals surface area contributed by atoms with E-state index in [1.165, 1.54) is 23.3 Å². The van der Waals surface area contributed by atoms with Crippen LogP contribution in [0.15, 0.2) is 53.4 Å². The molecule has 0 aromatic heterocycles. The van der Waals surface area contributed by atoms with E-state index in [2.05, 4.69) is 30.0 Å². The van der Waals surface area contributed by atoms with Crippen molar-refractivity contribution in [3.05, 3.63) is 65.2 Å². The molecule has 28 heavy (non-hydrogen) atoms. The van der Waals surface area contributed by atoms with Gasteiger partial charge in [-0.25, -0.2) is 8.42 Å². The molecule has 0 radical (unpaired) electrons. The molecule has 1 fully saturated rings. The van der Waals surface area contributed by atoms with Gasteiger partial charge in [-0.1, -0.05) is 29.8 Å². The van der Waals surface area contributed by atoms with E-state index in [0.717, 1.165) is 31.8 Å². The number of aryl methyl sites for hydroxylation is 1. The number of carbonyl (C=O) groups is 1. The number of halogens is 2. The number of benzene rings is 2. The lowest BCUT2D eigenvalue weighted by molar-refractivity contribution is 0.0628. The van der Waals surface area contributed by atoms with Gasteiger partial charge >= 0.3 is 5.76 Å². The highest BCUT2D eigenvalue weighted by atomic mass is 32.2. The van der Waals surface area contributed by atoms with E-state index in [1.807, 2.05) is 6.07 Å². The molecule has 3 rings (SSSR count). The number of hydrogen-bond acceptors (Lipinski definition) is 4. The van der Waals surface area contributed by atoms with Gasteiger partial charge in [0.25, 0.3) is 5.91 Å². The number of piperazine rings is 1. The summed E-state index contributed by atoms with van der Waals surface area (Å²) in [5, 5.41) is 0. The minimum atomic E-state index is -4.65. The first-order valence-electron chi connectivity index (χ1n) is 8.96. The van der Waals surface area contributed by atoms with Crippen molar-refractivity contribution < 1.29 is 22.0 Å². The molecule has 1 aliphatic heterocycles. The fourth-order valence-electron chi connectivity index (χ4n) is 3.25. The molecule has 2 aromatic rings. The standard InChI is InChI=1S/C20H22F2N2O3S/c1-15-3-2-4-16(13-15)14-23-9-11-24(12-10-23)19(25)17-5-7-18(8-6-17)28(26,27)20(21)22/h2-8,13,20H,9-12,14H2,1H3. The maximum Gasteiger partial charge on any atom is 0.341 e. The highest BCUT2D eigenvalue weighted by molar-refractivity contribution is 7.91. The van der Waals surface area contributed by atoms with Crippen LogP contribution in [0, 0.1) is 6.92 Å². The summed E-state index contributed by atoms with van der Waals surface area (Å²) >= 11 is 0. The van der Waals surface area contributed by atoms with Gasteiger partial charge in [0.15, 0.2) is 0 Å². The van der Waals surface area contributed by atoms with E-state index in [1.54, 1.807) is 4.90 Å². The summed E-state index contributed by atoms with van der Waals surface area (Å²) in [4.78, 5) is 16.1. The molecule has 0 saturated carbocycles. The second-order valence-electron chi connectivity index (χ2n) is 6.89. The molecule has 0 atom stereocenters. The fraction of sp³-hybridized carbons (Fsp3) is 0.350. The van der Waals surface area contributed by atoms with Crippen molar-refractivity contribution >= 4 is 15.7 Å². The quantitative estimate of drug-likeness (QED) is 0.763. The van der Waals surface area contributed by atoms with Gasteiger partial charge in [-0.3, -0.25) is 9.69 Å². The molecule has 0 aliphatic carbocycles. The smallest absolute Gasteiger partial charge is 0.336 e. The summed E-state index contributed by atoms with van der Waals surface area (Å²) in [6.07, 6.45) is 0. The predicted molar refractivity (Wildman–Crippen MR) is 102 cm³/mol. The summed E-state index contributed by atoms with van der Waals surface area (Å²) < 4.78 is 48.1. The SMILES string of the molecule is Cc1cccc(CN2CCN(C(=O)c3ccc(S(=O)(=O)C(F)F)cc3)CC2)c1. The van der Waals surface area contributed by atoms with E-state index in [0.29, 0.717) is 18.7 Å². The number of rotatable bonds is 5. The molecule has 0 spiro atoms. The molecule has 1 aliphatic rings. The van der Waals surface area contributed by atoms with Crippen LogP contribution in [0.1, 0.15) is 21.5 Å². The molecule has 0 N–H and O–H groups in total. The zero-order valence-corrected chi connectivity index (χ0v) is 16.3. The summed E-state index contributed by atoms with van der Waals surface area (Å²) in [7, 11) is -4.65. The molecule has 8 heteroatoms. The minimum absolute atomic E-state index is 0.226. The average Bonchev–Trinajstić information content (AvgIpc) is 2.68. The zero-order valence-electron chi connectivity index (χ0n) is 15.5. The van der Waals surface area contributed by atoms with Crippen LogP contribution in [0.25, 0.3) is 0 Å². The van der Waals surface area contributed by atoms with Crippen LogP contribution in [0.4, 0.5) is 8.78 Å². The van der Waals surface area contributed by atoms with Crippen molar-refractivity contribution in [2.75, 3.05) is 26.2 Å². The molecule has 1 saturated heterocycles. The van der Waals surface area contributed by atoms with Crippen molar-refractivity contribution in [3.63, 3.8) is 0 Å². The maximum absolute atomic E-state index is 12.6. The molecule has 150 valence electrons. The van der Waals surface area contributed by atoms with Gasteiger partial charge in [0, 0.05) is 38.3 Å². The number of amides is 1. The van der Waals surface area contributed by atoms with E-state index in [9.17, 15) is 22.0 Å². The second-order valence-corrected chi connectivity index (χ2v) is 8.81. The van der Waals surface area contributed by atoms with Crippen molar-refractivity contribution in [3.8, 4) is 0 Å². The van der Waals surface area contributed by atoms with Crippen LogP contribution in [-0.2, 0) is 16.4 Å². The average molecular weight is 408 g/mol. The van der Waals surface area contributed by atoms with Gasteiger partial charge in [0.05, 0.1) is 4.90 Å². The van der Waals surface area contributed by atoms with Gasteiger partial charge in [-0.15, -0.1) is 0 Å². The lowest BCUT2D eigenvalue weighted by atomic mass is 10.1. The lowest BCUT2D eigenvalue weighted by Gasteiger charge is -2.34. The number of carbonyl (C=O) groups excluding carboxylic acids is 1. The molecular weight excluding hydrogens is 386 g/mol. The van der Waals surface area contributed by atoms with Crippen LogP contribution in [0.5, 0.6) is 0 Å². The Morgan fingerprint density at radius 3 is 2.25 bits per heavy atom. The molecule has 1 heterocycles. The van der Waals surface area contributed by atoms with Crippen LogP contribution in [0.2, 0.25) is 0 Å². The highest BCUT2D eigenvalue weighted by Crippen LogP contribution is 2.20. The Labute approximate surface area is 163 Å². The van der Waals surface area contributed by atoms with Gasteiger partial charge in [-0.2, -0.15) is 8.78 Å². The molecule has 5 nitrogen and oxygen atoms in total. The Hall–Kier alpha value is -2.32. The van der Waals surface area contributed by atoms with E-state index < -0.39 is 20.5 Å². The lowest BCUT2D eigenvalue weighted by Crippen LogP contribution is -2.48. The third kappa shape index (κ3) is 4.56. The summed E-state index contributed by atoms with van der Waals surface area (Å²) in [5.74, 6) is -3.70. The molecule has 0 bridgehead atoms. The largest absolute Gasteiger partial charge is 0.341 e. The van der Waals surface area contributed by atoms with Crippen molar-refractivity contribution in [2.45, 2.75) is 24.1 Å². The van der Waals surface area contributed by atoms with E-state index in [-0.39, 0.29) is 5.91 Å². The van der Waals surface area contributed by atoms with Gasteiger partial charge in [0.1, 0.15) is 0 Å². The zero-order chi connectivity index (χ0) is 20.3. The third-order valence-electron chi connectivity index (χ3n) is 4.81. The number of hydrogen-bond donors (Lipinski definition) is 0. The third-order valence-corrected chi connectivity index (χ3v) is 6.21. The van der Waals surface area contributed by atoms with Gasteiger partial charge < -0.3 is 4.90 Å². The summed E-state index contributed by atoms with van der Waals surface area (Å²) in [5.41, 5.74) is 2.74. The topological polar surface area (TPSA) is 57.7 Å². The number of sulfone groups is 1. The first-order valence-corrected chi connectivity index (χ1v) is 10.5. The highest BCUT2D eigenvalue weighted by Gasteiger charge is 2.27. The molecule has 0 unspecified atom stereocenters. The minimum Gasteiger partial charge on any atom is -0.336 e. The van der Waals surface area contributed by atoms with E-state index in [4.69, 9.17) is 0 Å². The van der Waals surface area contributed by atoms with Crippen molar-refractivity contribution in [1.29, 1.82) is 0 Å². The predicted octanol–water partition coefficient (Wildman–Crippen LogP) is 2.95. The van der Waals surface area contributed by atoms with Crippen LogP contribution >= 0.6 is 0 Å². The monoisotopic (exact) mass is 408 g/mol. The maximum atomic E-state index is 12.6. The number of nitrogens with zero attached hydrogens (tertiary/aromatic N) is 2. The van der Waals surface area contributed by atoms with Crippen LogP contribution in [0.3, 0.4) is 0 Å². The summed E-state index contributed by atoms with van der Waals surface area (Å²) in [6.45, 7) is 5.46. The number of alkyl halides is 2. The normalized spacial score (nSPS) is 15.8. The Bertz CT molecular complexity index is 938. The van der Waals surface area contributed by atoms with E-state index >= 15 is 0 Å². The Kier molecular flexibility index (Phi) is 6.10. The first kappa shape index (κ1) is 20.4. The molecular formula is C20H22F2N2O3S. The Balaban J connectivity index is 1.59. The Morgan fingerprint density at radius 2 is 1.68 bits per heavy atom.